The Labute approximate surface area is 189 Å². The predicted molar refractivity (Wildman–Crippen MR) is 123 cm³/mol. The van der Waals surface area contributed by atoms with E-state index in [0.29, 0.717) is 33.3 Å². The van der Waals surface area contributed by atoms with Crippen LogP contribution in [-0.4, -0.2) is 27.8 Å². The van der Waals surface area contributed by atoms with E-state index in [4.69, 9.17) is 23.2 Å². The van der Waals surface area contributed by atoms with Crippen molar-refractivity contribution in [1.82, 2.24) is 4.90 Å². The maximum atomic E-state index is 13.4. The van der Waals surface area contributed by atoms with Crippen LogP contribution in [0.4, 0.5) is 0 Å². The topological polar surface area (TPSA) is 37.4 Å². The van der Waals surface area contributed by atoms with Crippen LogP contribution in [0, 0.1) is 0 Å². The molecule has 3 heterocycles. The number of Topliss-reactive ketones (excluding diaryl/α,β-unsaturated/α-hetero) is 2. The van der Waals surface area contributed by atoms with Crippen LogP contribution in [0.15, 0.2) is 77.0 Å². The van der Waals surface area contributed by atoms with Crippen LogP contribution in [0.1, 0.15) is 29.3 Å². The summed E-state index contributed by atoms with van der Waals surface area (Å²) in [5.74, 6) is 0.0633. The van der Waals surface area contributed by atoms with Gasteiger partial charge in [-0.25, -0.2) is 0 Å². The fourth-order valence-electron chi connectivity index (χ4n) is 4.33. The van der Waals surface area contributed by atoms with Gasteiger partial charge in [0.15, 0.2) is 5.78 Å². The number of nitrogens with zero attached hydrogens (tertiary/aromatic N) is 1. The molecule has 0 saturated heterocycles. The number of carbonyl (C=O) groups is 2. The van der Waals surface area contributed by atoms with E-state index in [1.165, 1.54) is 11.8 Å². The molecule has 3 nitrogen and oxygen atoms in total. The lowest BCUT2D eigenvalue weighted by Gasteiger charge is -2.42. The van der Waals surface area contributed by atoms with Gasteiger partial charge in [-0.2, -0.15) is 0 Å². The molecule has 0 unspecified atom stereocenters. The van der Waals surface area contributed by atoms with E-state index in [9.17, 15) is 9.59 Å². The van der Waals surface area contributed by atoms with Gasteiger partial charge >= 0.3 is 0 Å². The summed E-state index contributed by atoms with van der Waals surface area (Å²) in [7, 11) is 0. The van der Waals surface area contributed by atoms with Crippen LogP contribution < -0.4 is 0 Å². The quantitative estimate of drug-likeness (QED) is 0.522. The fourth-order valence-corrected chi connectivity index (χ4v) is 5.90. The van der Waals surface area contributed by atoms with Crippen LogP contribution in [0.5, 0.6) is 0 Å². The Bertz CT molecular complexity index is 1160. The third kappa shape index (κ3) is 3.06. The highest BCUT2D eigenvalue weighted by atomic mass is 35.5. The summed E-state index contributed by atoms with van der Waals surface area (Å²) in [5, 5.41) is 0.932. The number of ketones is 2. The molecule has 0 N–H and O–H groups in total. The number of benzene rings is 2. The molecule has 0 amide bonds. The third-order valence-electron chi connectivity index (χ3n) is 5.69. The van der Waals surface area contributed by atoms with Crippen molar-refractivity contribution in [2.45, 2.75) is 24.6 Å². The van der Waals surface area contributed by atoms with Gasteiger partial charge in [0.2, 0.25) is 5.78 Å². The number of rotatable bonds is 3. The summed E-state index contributed by atoms with van der Waals surface area (Å²) in [5.41, 5.74) is 3.69. The molecule has 0 spiro atoms. The Morgan fingerprint density at radius 1 is 1.03 bits per heavy atom. The molecule has 0 radical (unpaired) electrons. The average molecular weight is 454 g/mol. The standard InChI is InChI=1S/C24H17Cl2NO2S/c1-13-21-23(29)20(14-5-9-16(25)10-6-14)18-3-2-4-19(27(18)21)24(30-13)22(28)15-7-11-17(26)12-8-15/h2-3,5-12,19,24H,4H2,1H3/t19-,24+/m0/s1. The molecule has 2 aromatic carbocycles. The minimum atomic E-state index is -0.299. The van der Waals surface area contributed by atoms with Crippen molar-refractivity contribution < 1.29 is 9.59 Å². The Morgan fingerprint density at radius 2 is 1.67 bits per heavy atom. The highest BCUT2D eigenvalue weighted by Crippen LogP contribution is 2.50. The van der Waals surface area contributed by atoms with Gasteiger partial charge < -0.3 is 4.90 Å². The molecule has 3 aliphatic rings. The van der Waals surface area contributed by atoms with Gasteiger partial charge in [0.05, 0.1) is 28.3 Å². The Balaban J connectivity index is 1.60. The van der Waals surface area contributed by atoms with Crippen LogP contribution in [0.2, 0.25) is 10.0 Å². The molecule has 2 atom stereocenters. The summed E-state index contributed by atoms with van der Waals surface area (Å²) in [6, 6.07) is 14.2. The molecule has 3 aliphatic heterocycles. The first kappa shape index (κ1) is 19.7. The molecule has 150 valence electrons. The molecule has 0 aromatic heterocycles. The van der Waals surface area contributed by atoms with Crippen molar-refractivity contribution in [2.75, 3.05) is 0 Å². The minimum Gasteiger partial charge on any atom is -0.332 e. The molecule has 5 rings (SSSR count). The number of hydrogen-bond acceptors (Lipinski definition) is 4. The van der Waals surface area contributed by atoms with E-state index in [1.807, 2.05) is 25.1 Å². The zero-order chi connectivity index (χ0) is 21.0. The first-order valence-corrected chi connectivity index (χ1v) is 11.3. The molecule has 2 aromatic rings. The van der Waals surface area contributed by atoms with Gasteiger partial charge in [-0.3, -0.25) is 9.59 Å². The summed E-state index contributed by atoms with van der Waals surface area (Å²) in [6.45, 7) is 1.93. The Morgan fingerprint density at radius 3 is 2.33 bits per heavy atom. The number of allylic oxidation sites excluding steroid dienone is 3. The molecule has 6 heteroatoms. The maximum absolute atomic E-state index is 13.4. The first-order valence-electron chi connectivity index (χ1n) is 9.63. The number of thioether (sulfide) groups is 1. The normalized spacial score (nSPS) is 22.6. The predicted octanol–water partition coefficient (Wildman–Crippen LogP) is 6.15. The van der Waals surface area contributed by atoms with Gasteiger partial charge in [-0.15, -0.1) is 11.8 Å². The zero-order valence-corrected chi connectivity index (χ0v) is 18.4. The van der Waals surface area contributed by atoms with Gasteiger partial charge in [0, 0.05) is 20.5 Å². The lowest BCUT2D eigenvalue weighted by atomic mass is 9.95. The highest BCUT2D eigenvalue weighted by Gasteiger charge is 2.48. The molecule has 0 saturated carbocycles. The molecule has 30 heavy (non-hydrogen) atoms. The Kier molecular flexibility index (Phi) is 4.89. The van der Waals surface area contributed by atoms with Crippen molar-refractivity contribution in [3.05, 3.63) is 98.2 Å². The molecular formula is C24H17Cl2NO2S. The summed E-state index contributed by atoms with van der Waals surface area (Å²) < 4.78 is 0. The summed E-state index contributed by atoms with van der Waals surface area (Å²) >= 11 is 13.5. The van der Waals surface area contributed by atoms with Gasteiger partial charge in [-0.05, 0) is 61.4 Å². The second kappa shape index (κ2) is 7.45. The van der Waals surface area contributed by atoms with Gasteiger partial charge in [0.1, 0.15) is 0 Å². The smallest absolute Gasteiger partial charge is 0.212 e. The molecular weight excluding hydrogens is 437 g/mol. The van der Waals surface area contributed by atoms with E-state index >= 15 is 0 Å². The fraction of sp³-hybridized carbons (Fsp3) is 0.167. The van der Waals surface area contributed by atoms with Crippen molar-refractivity contribution in [3.63, 3.8) is 0 Å². The zero-order valence-electron chi connectivity index (χ0n) is 16.1. The van der Waals surface area contributed by atoms with Crippen molar-refractivity contribution in [2.24, 2.45) is 0 Å². The highest BCUT2D eigenvalue weighted by molar-refractivity contribution is 8.04. The van der Waals surface area contributed by atoms with Crippen molar-refractivity contribution in [1.29, 1.82) is 0 Å². The monoisotopic (exact) mass is 453 g/mol. The largest absolute Gasteiger partial charge is 0.332 e. The molecule has 0 aliphatic carbocycles. The summed E-state index contributed by atoms with van der Waals surface area (Å²) in [4.78, 5) is 29.7. The number of carbonyl (C=O) groups excluding carboxylic acids is 2. The van der Waals surface area contributed by atoms with Crippen LogP contribution in [0.25, 0.3) is 5.57 Å². The van der Waals surface area contributed by atoms with E-state index < -0.39 is 0 Å². The third-order valence-corrected chi connectivity index (χ3v) is 7.52. The van der Waals surface area contributed by atoms with E-state index in [-0.39, 0.29) is 22.9 Å². The van der Waals surface area contributed by atoms with E-state index in [2.05, 4.69) is 11.0 Å². The first-order chi connectivity index (χ1) is 14.5. The van der Waals surface area contributed by atoms with Crippen LogP contribution in [-0.2, 0) is 4.79 Å². The molecule has 0 fully saturated rings. The van der Waals surface area contributed by atoms with E-state index in [1.54, 1.807) is 36.4 Å². The average Bonchev–Trinajstić information content (AvgIpc) is 3.05. The van der Waals surface area contributed by atoms with Crippen molar-refractivity contribution in [3.8, 4) is 0 Å². The maximum Gasteiger partial charge on any atom is 0.212 e. The lowest BCUT2D eigenvalue weighted by molar-refractivity contribution is -0.111. The van der Waals surface area contributed by atoms with Crippen LogP contribution in [0.3, 0.4) is 0 Å². The Hall–Kier alpha value is -2.27. The van der Waals surface area contributed by atoms with E-state index in [0.717, 1.165) is 16.2 Å². The summed E-state index contributed by atoms with van der Waals surface area (Å²) in [6.07, 6.45) is 4.77. The number of halogens is 2. The lowest BCUT2D eigenvalue weighted by Crippen LogP contribution is -2.47. The second-order valence-electron chi connectivity index (χ2n) is 7.49. The SMILES string of the molecule is CC1=C2C(=O)C(c3ccc(Cl)cc3)=C3C=CC[C@@H]([C@H](C(=O)c4ccc(Cl)cc4)S1)N32. The minimum absolute atomic E-state index is 0.00580. The second-order valence-corrected chi connectivity index (χ2v) is 9.71. The van der Waals surface area contributed by atoms with Crippen molar-refractivity contribution >= 4 is 52.1 Å². The van der Waals surface area contributed by atoms with Gasteiger partial charge in [-0.1, -0.05) is 41.4 Å². The number of hydrogen-bond donors (Lipinski definition) is 0. The van der Waals surface area contributed by atoms with Gasteiger partial charge in [0.25, 0.3) is 0 Å². The molecule has 0 bridgehead atoms. The van der Waals surface area contributed by atoms with Crippen LogP contribution >= 0.6 is 35.0 Å².